The fourth-order valence-corrected chi connectivity index (χ4v) is 4.63. The predicted octanol–water partition coefficient (Wildman–Crippen LogP) is 2.82. The van der Waals surface area contributed by atoms with Crippen molar-refractivity contribution in [2.75, 3.05) is 50.7 Å². The molecule has 1 atom stereocenters. The molecule has 2 N–H and O–H groups in total. The number of aliphatic imine (C=N–C) groups is 1. The van der Waals surface area contributed by atoms with Crippen LogP contribution < -0.4 is 10.2 Å². The van der Waals surface area contributed by atoms with Crippen LogP contribution in [0.25, 0.3) is 0 Å². The van der Waals surface area contributed by atoms with Crippen LogP contribution in [0.2, 0.25) is 0 Å². The maximum Gasteiger partial charge on any atom is 0.194 e. The number of rotatable bonds is 5. The van der Waals surface area contributed by atoms with E-state index in [-0.39, 0.29) is 35.9 Å². The van der Waals surface area contributed by atoms with Gasteiger partial charge in [-0.2, -0.15) is 0 Å². The van der Waals surface area contributed by atoms with Gasteiger partial charge in [0.2, 0.25) is 0 Å². The number of guanidine groups is 1. The van der Waals surface area contributed by atoms with Crippen molar-refractivity contribution < 1.29 is 9.50 Å². The Morgan fingerprint density at radius 1 is 1.16 bits per heavy atom. The van der Waals surface area contributed by atoms with E-state index in [1.54, 1.807) is 6.07 Å². The van der Waals surface area contributed by atoms with Crippen LogP contribution in [0, 0.1) is 5.82 Å². The highest BCUT2D eigenvalue weighted by Gasteiger charge is 2.29. The molecular weight excluding hydrogens is 508 g/mol. The number of aliphatic hydroxyl groups is 1. The molecule has 1 unspecified atom stereocenters. The third-order valence-electron chi connectivity index (χ3n) is 6.39. The molecule has 3 aliphatic rings. The lowest BCUT2D eigenvalue weighted by molar-refractivity contribution is 0.145. The van der Waals surface area contributed by atoms with E-state index >= 15 is 0 Å². The zero-order valence-electron chi connectivity index (χ0n) is 18.3. The summed E-state index contributed by atoms with van der Waals surface area (Å²) in [5.74, 6) is 0.716. The van der Waals surface area contributed by atoms with Crippen molar-refractivity contribution in [3.8, 4) is 0 Å². The fraction of sp³-hybridized carbons (Fsp3) is 0.609. The highest BCUT2D eigenvalue weighted by molar-refractivity contribution is 14.0. The van der Waals surface area contributed by atoms with Gasteiger partial charge in [0.1, 0.15) is 5.82 Å². The third kappa shape index (κ3) is 6.10. The number of nitrogens with zero attached hydrogens (tertiary/aromatic N) is 4. The standard InChI is InChI=1S/C23H34FN5O.HI/c1-2-25-23(29-12-7-19(17-29)27-10-3-4-11-27)26-16-18-5-6-22(21(24)15-18)28-13-8-20(30)9-14-28;/h3-6,15,19-20,30H,2,7-14,16-17H2,1H3,(H,25,26);1H. The van der Waals surface area contributed by atoms with Crippen molar-refractivity contribution in [2.24, 2.45) is 4.99 Å². The number of piperidine rings is 1. The molecule has 4 rings (SSSR count). The van der Waals surface area contributed by atoms with Gasteiger partial charge in [-0.25, -0.2) is 9.38 Å². The fourth-order valence-electron chi connectivity index (χ4n) is 4.63. The molecule has 2 fully saturated rings. The van der Waals surface area contributed by atoms with Gasteiger partial charge in [0.25, 0.3) is 0 Å². The van der Waals surface area contributed by atoms with Crippen LogP contribution in [-0.4, -0.2) is 78.8 Å². The molecule has 0 radical (unpaired) electrons. The summed E-state index contributed by atoms with van der Waals surface area (Å²) in [4.78, 5) is 11.7. The Kier molecular flexibility index (Phi) is 8.97. The molecule has 1 aromatic rings. The van der Waals surface area contributed by atoms with Gasteiger partial charge in [-0.05, 0) is 43.9 Å². The molecule has 1 aromatic carbocycles. The van der Waals surface area contributed by atoms with Crippen molar-refractivity contribution in [1.29, 1.82) is 0 Å². The van der Waals surface area contributed by atoms with Gasteiger partial charge in [-0.3, -0.25) is 4.90 Å². The highest BCUT2D eigenvalue weighted by Crippen LogP contribution is 2.25. The van der Waals surface area contributed by atoms with E-state index in [0.717, 1.165) is 50.7 Å². The summed E-state index contributed by atoms with van der Waals surface area (Å²) >= 11 is 0. The first-order valence-corrected chi connectivity index (χ1v) is 11.3. The molecule has 0 aliphatic carbocycles. The molecule has 0 bridgehead atoms. The topological polar surface area (TPSA) is 54.3 Å². The normalized spacial score (nSPS) is 22.8. The first-order chi connectivity index (χ1) is 14.6. The van der Waals surface area contributed by atoms with E-state index in [1.807, 2.05) is 17.0 Å². The van der Waals surface area contributed by atoms with Gasteiger partial charge in [-0.1, -0.05) is 18.2 Å². The van der Waals surface area contributed by atoms with E-state index in [9.17, 15) is 9.50 Å². The van der Waals surface area contributed by atoms with Crippen LogP contribution >= 0.6 is 24.0 Å². The van der Waals surface area contributed by atoms with Crippen molar-refractivity contribution in [2.45, 2.75) is 44.9 Å². The number of aliphatic hydroxyl groups excluding tert-OH is 1. The van der Waals surface area contributed by atoms with Crippen molar-refractivity contribution in [3.05, 3.63) is 41.7 Å². The maximum absolute atomic E-state index is 14.7. The van der Waals surface area contributed by atoms with Crippen LogP contribution in [0.4, 0.5) is 10.1 Å². The van der Waals surface area contributed by atoms with Crippen molar-refractivity contribution in [1.82, 2.24) is 15.1 Å². The van der Waals surface area contributed by atoms with Gasteiger partial charge in [0.05, 0.1) is 18.3 Å². The van der Waals surface area contributed by atoms with E-state index in [2.05, 4.69) is 34.2 Å². The van der Waals surface area contributed by atoms with Crippen molar-refractivity contribution >= 4 is 35.6 Å². The summed E-state index contributed by atoms with van der Waals surface area (Å²) < 4.78 is 14.7. The Balaban J connectivity index is 0.00000272. The molecule has 172 valence electrons. The summed E-state index contributed by atoms with van der Waals surface area (Å²) in [5, 5.41) is 13.1. The van der Waals surface area contributed by atoms with Gasteiger partial charge in [0, 0.05) is 51.9 Å². The molecule has 0 spiro atoms. The Hall–Kier alpha value is -1.39. The molecular formula is C23H35FIN5O. The maximum atomic E-state index is 14.7. The smallest absolute Gasteiger partial charge is 0.194 e. The number of likely N-dealkylation sites (tertiary alicyclic amines) is 1. The second-order valence-corrected chi connectivity index (χ2v) is 8.49. The number of hydrogen-bond donors (Lipinski definition) is 2. The molecule has 8 heteroatoms. The minimum absolute atomic E-state index is 0. The quantitative estimate of drug-likeness (QED) is 0.259. The van der Waals surface area contributed by atoms with Gasteiger partial charge >= 0.3 is 0 Å². The lowest BCUT2D eigenvalue weighted by Gasteiger charge is -2.31. The highest BCUT2D eigenvalue weighted by atomic mass is 127. The minimum atomic E-state index is -0.255. The molecule has 2 saturated heterocycles. The van der Waals surface area contributed by atoms with Crippen LogP contribution in [0.5, 0.6) is 0 Å². The van der Waals surface area contributed by atoms with Gasteiger partial charge < -0.3 is 20.2 Å². The first kappa shape index (κ1) is 24.3. The summed E-state index contributed by atoms with van der Waals surface area (Å²) in [6.45, 7) is 8.84. The molecule has 31 heavy (non-hydrogen) atoms. The first-order valence-electron chi connectivity index (χ1n) is 11.3. The van der Waals surface area contributed by atoms with Gasteiger partial charge in [-0.15, -0.1) is 24.0 Å². The number of halogens is 2. The Labute approximate surface area is 202 Å². The Morgan fingerprint density at radius 3 is 2.58 bits per heavy atom. The zero-order chi connectivity index (χ0) is 20.9. The lowest BCUT2D eigenvalue weighted by atomic mass is 10.1. The van der Waals surface area contributed by atoms with E-state index in [4.69, 9.17) is 4.99 Å². The molecule has 0 saturated carbocycles. The minimum Gasteiger partial charge on any atom is -0.393 e. The lowest BCUT2D eigenvalue weighted by Crippen LogP contribution is -2.42. The van der Waals surface area contributed by atoms with Crippen LogP contribution in [0.3, 0.4) is 0 Å². The monoisotopic (exact) mass is 543 g/mol. The molecule has 6 nitrogen and oxygen atoms in total. The average molecular weight is 543 g/mol. The number of benzene rings is 1. The number of anilines is 1. The predicted molar refractivity (Wildman–Crippen MR) is 135 cm³/mol. The number of hydrogen-bond acceptors (Lipinski definition) is 4. The van der Waals surface area contributed by atoms with E-state index in [0.29, 0.717) is 44.2 Å². The Morgan fingerprint density at radius 2 is 1.90 bits per heavy atom. The molecule has 0 aromatic heterocycles. The summed E-state index contributed by atoms with van der Waals surface area (Å²) in [7, 11) is 0. The van der Waals surface area contributed by atoms with Crippen LogP contribution in [0.15, 0.2) is 35.3 Å². The van der Waals surface area contributed by atoms with E-state index < -0.39 is 0 Å². The second-order valence-electron chi connectivity index (χ2n) is 8.49. The summed E-state index contributed by atoms with van der Waals surface area (Å²) in [6.07, 6.45) is 6.77. The summed E-state index contributed by atoms with van der Waals surface area (Å²) in [6, 6.07) is 6.01. The van der Waals surface area contributed by atoms with Crippen molar-refractivity contribution in [3.63, 3.8) is 0 Å². The molecule has 3 aliphatic heterocycles. The number of nitrogens with one attached hydrogen (secondary N) is 1. The summed E-state index contributed by atoms with van der Waals surface area (Å²) in [5.41, 5.74) is 1.51. The third-order valence-corrected chi connectivity index (χ3v) is 6.39. The average Bonchev–Trinajstić information content (AvgIpc) is 3.44. The van der Waals surface area contributed by atoms with E-state index in [1.165, 1.54) is 0 Å². The van der Waals surface area contributed by atoms with Crippen LogP contribution in [-0.2, 0) is 6.54 Å². The SMILES string of the molecule is CCNC(=NCc1ccc(N2CCC(O)CC2)c(F)c1)N1CCC(N2CC=CC2)C1.I. The van der Waals surface area contributed by atoms with Gasteiger partial charge in [0.15, 0.2) is 5.96 Å². The Bertz CT molecular complexity index is 773. The van der Waals surface area contributed by atoms with Crippen LogP contribution in [0.1, 0.15) is 31.7 Å². The molecule has 3 heterocycles. The second kappa shape index (κ2) is 11.5. The zero-order valence-corrected chi connectivity index (χ0v) is 20.7. The molecule has 0 amide bonds. The largest absolute Gasteiger partial charge is 0.393 e.